The zero-order valence-electron chi connectivity index (χ0n) is 6.40. The topological polar surface area (TPSA) is 13.1 Å². The first-order chi connectivity index (χ1) is 5.40. The van der Waals surface area contributed by atoms with E-state index >= 15 is 0 Å². The highest BCUT2D eigenvalue weighted by Crippen LogP contribution is 2.25. The smallest absolute Gasteiger partial charge is 0.119 e. The van der Waals surface area contributed by atoms with E-state index in [1.807, 2.05) is 0 Å². The molecule has 0 atom stereocenters. The molecule has 0 spiro atoms. The fraction of sp³-hybridized carbons (Fsp3) is 0.556. The SMILES string of the molecule is ClCc1cc2c(o1)CCCC2. The number of furan rings is 1. The molecular weight excluding hydrogens is 160 g/mol. The van der Waals surface area contributed by atoms with Gasteiger partial charge in [0.2, 0.25) is 0 Å². The first-order valence-corrected chi connectivity index (χ1v) is 4.60. The molecular formula is C9H11ClO. The molecule has 2 heteroatoms. The Hall–Kier alpha value is -0.430. The molecule has 0 saturated carbocycles. The molecule has 0 N–H and O–H groups in total. The predicted octanol–water partition coefficient (Wildman–Crippen LogP) is 2.90. The van der Waals surface area contributed by atoms with Gasteiger partial charge in [-0.1, -0.05) is 0 Å². The average molecular weight is 171 g/mol. The quantitative estimate of drug-likeness (QED) is 0.591. The molecule has 0 saturated heterocycles. The van der Waals surface area contributed by atoms with Gasteiger partial charge in [-0.3, -0.25) is 0 Å². The highest BCUT2D eigenvalue weighted by atomic mass is 35.5. The van der Waals surface area contributed by atoms with Gasteiger partial charge in [-0.2, -0.15) is 0 Å². The van der Waals surface area contributed by atoms with Crippen LogP contribution in [0.15, 0.2) is 10.5 Å². The molecule has 2 rings (SSSR count). The monoisotopic (exact) mass is 170 g/mol. The summed E-state index contributed by atoms with van der Waals surface area (Å²) in [6.07, 6.45) is 4.85. The number of aryl methyl sites for hydroxylation is 2. The highest BCUT2D eigenvalue weighted by molar-refractivity contribution is 6.16. The zero-order chi connectivity index (χ0) is 7.68. The minimum atomic E-state index is 0.507. The van der Waals surface area contributed by atoms with Crippen molar-refractivity contribution in [3.63, 3.8) is 0 Å². The van der Waals surface area contributed by atoms with E-state index in [1.165, 1.54) is 30.6 Å². The van der Waals surface area contributed by atoms with Crippen LogP contribution in [0.25, 0.3) is 0 Å². The first-order valence-electron chi connectivity index (χ1n) is 4.06. The van der Waals surface area contributed by atoms with E-state index in [2.05, 4.69) is 6.07 Å². The summed E-state index contributed by atoms with van der Waals surface area (Å²) >= 11 is 5.65. The lowest BCUT2D eigenvalue weighted by Gasteiger charge is -2.07. The minimum absolute atomic E-state index is 0.507. The van der Waals surface area contributed by atoms with Gasteiger partial charge >= 0.3 is 0 Å². The number of fused-ring (bicyclic) bond motifs is 1. The molecule has 1 aromatic heterocycles. The summed E-state index contributed by atoms with van der Waals surface area (Å²) in [7, 11) is 0. The zero-order valence-corrected chi connectivity index (χ0v) is 7.16. The summed E-state index contributed by atoms with van der Waals surface area (Å²) in [5, 5.41) is 0. The van der Waals surface area contributed by atoms with Gasteiger partial charge in [-0.25, -0.2) is 0 Å². The molecule has 1 heterocycles. The van der Waals surface area contributed by atoms with Crippen molar-refractivity contribution in [1.82, 2.24) is 0 Å². The van der Waals surface area contributed by atoms with Gasteiger partial charge in [0.1, 0.15) is 11.5 Å². The number of hydrogen-bond acceptors (Lipinski definition) is 1. The summed E-state index contributed by atoms with van der Waals surface area (Å²) in [4.78, 5) is 0. The lowest BCUT2D eigenvalue weighted by Crippen LogP contribution is -1.97. The normalized spacial score (nSPS) is 16.5. The second-order valence-corrected chi connectivity index (χ2v) is 3.27. The van der Waals surface area contributed by atoms with Crippen molar-refractivity contribution in [1.29, 1.82) is 0 Å². The van der Waals surface area contributed by atoms with Crippen molar-refractivity contribution in [3.05, 3.63) is 23.2 Å². The van der Waals surface area contributed by atoms with Crippen molar-refractivity contribution in [2.75, 3.05) is 0 Å². The molecule has 1 aliphatic rings. The number of hydrogen-bond donors (Lipinski definition) is 0. The molecule has 1 nitrogen and oxygen atoms in total. The van der Waals surface area contributed by atoms with Gasteiger partial charge in [-0.15, -0.1) is 11.6 Å². The van der Waals surface area contributed by atoms with Crippen LogP contribution in [0, 0.1) is 0 Å². The number of alkyl halides is 1. The van der Waals surface area contributed by atoms with Crippen molar-refractivity contribution in [2.24, 2.45) is 0 Å². The molecule has 0 aromatic carbocycles. The Kier molecular flexibility index (Phi) is 1.91. The third kappa shape index (κ3) is 1.30. The van der Waals surface area contributed by atoms with Crippen molar-refractivity contribution < 1.29 is 4.42 Å². The Balaban J connectivity index is 2.32. The van der Waals surface area contributed by atoms with Gasteiger partial charge in [0.15, 0.2) is 0 Å². The summed E-state index contributed by atoms with van der Waals surface area (Å²) in [6, 6.07) is 2.10. The van der Waals surface area contributed by atoms with Crippen LogP contribution in [-0.4, -0.2) is 0 Å². The predicted molar refractivity (Wildman–Crippen MR) is 44.9 cm³/mol. The average Bonchev–Trinajstić information content (AvgIpc) is 2.46. The Morgan fingerprint density at radius 3 is 2.91 bits per heavy atom. The fourth-order valence-electron chi connectivity index (χ4n) is 1.62. The van der Waals surface area contributed by atoms with Crippen LogP contribution in [0.1, 0.15) is 29.9 Å². The van der Waals surface area contributed by atoms with Crippen LogP contribution in [0.2, 0.25) is 0 Å². The number of halogens is 1. The van der Waals surface area contributed by atoms with Gasteiger partial charge in [-0.05, 0) is 30.9 Å². The van der Waals surface area contributed by atoms with E-state index in [9.17, 15) is 0 Å². The molecule has 1 aromatic rings. The largest absolute Gasteiger partial charge is 0.465 e. The lowest BCUT2D eigenvalue weighted by atomic mass is 9.99. The molecule has 0 aliphatic heterocycles. The number of rotatable bonds is 1. The van der Waals surface area contributed by atoms with E-state index in [0.29, 0.717) is 5.88 Å². The van der Waals surface area contributed by atoms with Crippen LogP contribution in [0.3, 0.4) is 0 Å². The lowest BCUT2D eigenvalue weighted by molar-refractivity contribution is 0.455. The molecule has 1 aliphatic carbocycles. The van der Waals surface area contributed by atoms with Crippen LogP contribution < -0.4 is 0 Å². The van der Waals surface area contributed by atoms with E-state index in [4.69, 9.17) is 16.0 Å². The maximum Gasteiger partial charge on any atom is 0.119 e. The van der Waals surface area contributed by atoms with E-state index < -0.39 is 0 Å². The third-order valence-corrected chi connectivity index (χ3v) is 2.44. The Morgan fingerprint density at radius 1 is 1.36 bits per heavy atom. The van der Waals surface area contributed by atoms with Crippen molar-refractivity contribution in [2.45, 2.75) is 31.6 Å². The van der Waals surface area contributed by atoms with Crippen LogP contribution in [0.4, 0.5) is 0 Å². The van der Waals surface area contributed by atoms with E-state index in [0.717, 1.165) is 12.2 Å². The summed E-state index contributed by atoms with van der Waals surface area (Å²) in [5.41, 5.74) is 1.38. The van der Waals surface area contributed by atoms with Crippen molar-refractivity contribution >= 4 is 11.6 Å². The fourth-order valence-corrected chi connectivity index (χ4v) is 1.75. The van der Waals surface area contributed by atoms with Crippen LogP contribution in [0.5, 0.6) is 0 Å². The summed E-state index contributed by atoms with van der Waals surface area (Å²) in [5.74, 6) is 2.61. The summed E-state index contributed by atoms with van der Waals surface area (Å²) in [6.45, 7) is 0. The van der Waals surface area contributed by atoms with Gasteiger partial charge in [0.05, 0.1) is 5.88 Å². The van der Waals surface area contributed by atoms with E-state index in [1.54, 1.807) is 0 Å². The molecule has 0 amide bonds. The van der Waals surface area contributed by atoms with Gasteiger partial charge in [0, 0.05) is 6.42 Å². The maximum absolute atomic E-state index is 5.65. The second kappa shape index (κ2) is 2.90. The first kappa shape index (κ1) is 7.23. The molecule has 60 valence electrons. The molecule has 11 heavy (non-hydrogen) atoms. The minimum Gasteiger partial charge on any atom is -0.465 e. The standard InChI is InChI=1S/C9H11ClO/c10-6-8-5-7-3-1-2-4-9(7)11-8/h5H,1-4,6H2. The van der Waals surface area contributed by atoms with Crippen LogP contribution >= 0.6 is 11.6 Å². The van der Waals surface area contributed by atoms with Crippen LogP contribution in [-0.2, 0) is 18.7 Å². The Morgan fingerprint density at radius 2 is 2.18 bits per heavy atom. The Labute approximate surface area is 71.3 Å². The van der Waals surface area contributed by atoms with Gasteiger partial charge < -0.3 is 4.42 Å². The van der Waals surface area contributed by atoms with Gasteiger partial charge in [0.25, 0.3) is 0 Å². The summed E-state index contributed by atoms with van der Waals surface area (Å²) < 4.78 is 5.52. The van der Waals surface area contributed by atoms with Crippen molar-refractivity contribution in [3.8, 4) is 0 Å². The molecule has 0 unspecified atom stereocenters. The maximum atomic E-state index is 5.65. The Bertz CT molecular complexity index is 229. The highest BCUT2D eigenvalue weighted by Gasteiger charge is 2.13. The van der Waals surface area contributed by atoms with E-state index in [-0.39, 0.29) is 0 Å². The molecule has 0 radical (unpaired) electrons. The molecule has 0 fully saturated rings. The second-order valence-electron chi connectivity index (χ2n) is 3.00. The third-order valence-electron chi connectivity index (χ3n) is 2.18. The molecule has 0 bridgehead atoms.